The van der Waals surface area contributed by atoms with Gasteiger partial charge in [-0.25, -0.2) is 15.6 Å². The van der Waals surface area contributed by atoms with E-state index in [9.17, 15) is 4.79 Å². The zero-order valence-electron chi connectivity index (χ0n) is 12.8. The number of nitrogens with two attached hydrogens (primary N) is 1. The lowest BCUT2D eigenvalue weighted by Gasteiger charge is -2.18. The van der Waals surface area contributed by atoms with Gasteiger partial charge in [0.2, 0.25) is 0 Å². The number of nitrogens with one attached hydrogen (secondary N) is 1. The van der Waals surface area contributed by atoms with Crippen molar-refractivity contribution < 1.29 is 9.21 Å². The highest BCUT2D eigenvalue weighted by atomic mass is 16.3. The van der Waals surface area contributed by atoms with Crippen LogP contribution in [0.2, 0.25) is 0 Å². The number of hydrazine groups is 1. The van der Waals surface area contributed by atoms with Gasteiger partial charge in [0.15, 0.2) is 0 Å². The maximum Gasteiger partial charge on any atom is 0.340 e. The third-order valence-corrected chi connectivity index (χ3v) is 3.88. The maximum atomic E-state index is 12.5. The summed E-state index contributed by atoms with van der Waals surface area (Å²) in [7, 11) is 0. The molecule has 3 N–H and O–H groups in total. The Morgan fingerprint density at radius 2 is 1.58 bits per heavy atom. The summed E-state index contributed by atoms with van der Waals surface area (Å²) in [5, 5.41) is 5.63. The molecule has 0 atom stereocenters. The first-order chi connectivity index (χ1) is 11.7. The predicted octanol–water partition coefficient (Wildman–Crippen LogP) is 4.50. The van der Waals surface area contributed by atoms with Crippen molar-refractivity contribution in [1.82, 2.24) is 0 Å². The lowest BCUT2D eigenvalue weighted by Crippen LogP contribution is -2.40. The van der Waals surface area contributed by atoms with Crippen LogP contribution in [-0.2, 0) is 0 Å². The second kappa shape index (κ2) is 5.72. The number of urea groups is 1. The molecule has 0 bridgehead atoms. The first-order valence-electron chi connectivity index (χ1n) is 7.55. The molecule has 0 spiro atoms. The molecule has 5 nitrogen and oxygen atoms in total. The van der Waals surface area contributed by atoms with Crippen LogP contribution in [0.3, 0.4) is 0 Å². The van der Waals surface area contributed by atoms with E-state index in [2.05, 4.69) is 5.32 Å². The largest absolute Gasteiger partial charge is 0.456 e. The number of para-hydroxylation sites is 2. The molecular weight excluding hydrogens is 302 g/mol. The first kappa shape index (κ1) is 14.3. The fourth-order valence-corrected chi connectivity index (χ4v) is 2.77. The van der Waals surface area contributed by atoms with Gasteiger partial charge in [-0.05, 0) is 30.3 Å². The summed E-state index contributed by atoms with van der Waals surface area (Å²) in [6.45, 7) is 0. The van der Waals surface area contributed by atoms with Crippen molar-refractivity contribution in [2.75, 3.05) is 10.3 Å². The molecule has 1 heterocycles. The van der Waals surface area contributed by atoms with Crippen LogP contribution in [0.15, 0.2) is 77.2 Å². The molecule has 0 saturated carbocycles. The number of hydrogen-bond donors (Lipinski definition) is 2. The van der Waals surface area contributed by atoms with Crippen molar-refractivity contribution in [3.8, 4) is 0 Å². The monoisotopic (exact) mass is 317 g/mol. The molecular formula is C19H15N3O2. The van der Waals surface area contributed by atoms with Crippen LogP contribution < -0.4 is 16.2 Å². The first-order valence-corrected chi connectivity index (χ1v) is 7.55. The standard InChI is InChI=1S/C19H15N3O2/c20-22(19(23)21-13-7-2-1-3-8-13)15-10-6-12-17-18(15)14-9-4-5-11-16(14)24-17/h1-12H,20H2,(H,21,23). The summed E-state index contributed by atoms with van der Waals surface area (Å²) in [5.41, 5.74) is 2.72. The van der Waals surface area contributed by atoms with Crippen LogP contribution in [0.1, 0.15) is 0 Å². The van der Waals surface area contributed by atoms with E-state index in [0.29, 0.717) is 17.0 Å². The van der Waals surface area contributed by atoms with Crippen LogP contribution in [-0.4, -0.2) is 6.03 Å². The molecule has 2 amide bonds. The van der Waals surface area contributed by atoms with E-state index in [1.807, 2.05) is 54.6 Å². The Morgan fingerprint density at radius 3 is 2.42 bits per heavy atom. The number of anilines is 2. The SMILES string of the molecule is NN(C(=O)Nc1ccccc1)c1cccc2oc3ccccc3c12. The fourth-order valence-electron chi connectivity index (χ4n) is 2.77. The smallest absolute Gasteiger partial charge is 0.340 e. The molecule has 5 heteroatoms. The van der Waals surface area contributed by atoms with Crippen LogP contribution in [0.25, 0.3) is 21.9 Å². The number of nitrogens with zero attached hydrogens (tertiary/aromatic N) is 1. The number of fused-ring (bicyclic) bond motifs is 3. The summed E-state index contributed by atoms with van der Waals surface area (Å²) in [6.07, 6.45) is 0. The fraction of sp³-hybridized carbons (Fsp3) is 0. The van der Waals surface area contributed by atoms with E-state index in [1.165, 1.54) is 0 Å². The van der Waals surface area contributed by atoms with E-state index in [0.717, 1.165) is 21.4 Å². The van der Waals surface area contributed by atoms with E-state index < -0.39 is 6.03 Å². The third kappa shape index (κ3) is 2.37. The van der Waals surface area contributed by atoms with Gasteiger partial charge in [0.1, 0.15) is 11.2 Å². The topological polar surface area (TPSA) is 71.5 Å². The van der Waals surface area contributed by atoms with E-state index >= 15 is 0 Å². The zero-order chi connectivity index (χ0) is 16.5. The number of hydrogen-bond acceptors (Lipinski definition) is 3. The molecule has 118 valence electrons. The molecule has 0 unspecified atom stereocenters. The Labute approximate surface area is 138 Å². The van der Waals surface area contributed by atoms with Gasteiger partial charge in [-0.15, -0.1) is 0 Å². The van der Waals surface area contributed by atoms with Gasteiger partial charge < -0.3 is 9.73 Å². The van der Waals surface area contributed by atoms with Crippen LogP contribution in [0.5, 0.6) is 0 Å². The number of rotatable bonds is 2. The van der Waals surface area contributed by atoms with Crippen LogP contribution in [0, 0.1) is 0 Å². The predicted molar refractivity (Wildman–Crippen MR) is 95.8 cm³/mol. The summed E-state index contributed by atoms with van der Waals surface area (Å²) in [5.74, 6) is 6.08. The maximum absolute atomic E-state index is 12.5. The molecule has 3 aromatic carbocycles. The minimum Gasteiger partial charge on any atom is -0.456 e. The van der Waals surface area contributed by atoms with Crippen LogP contribution in [0.4, 0.5) is 16.2 Å². The molecule has 4 aromatic rings. The number of amides is 2. The number of carbonyl (C=O) groups is 1. The Morgan fingerprint density at radius 1 is 0.875 bits per heavy atom. The van der Waals surface area contributed by atoms with Gasteiger partial charge in [0.05, 0.1) is 11.1 Å². The molecule has 0 aliphatic rings. The number of carbonyl (C=O) groups excluding carboxylic acids is 1. The van der Waals surface area contributed by atoms with Gasteiger partial charge in [-0.3, -0.25) is 0 Å². The number of benzene rings is 3. The van der Waals surface area contributed by atoms with Crippen molar-refractivity contribution in [1.29, 1.82) is 0 Å². The van der Waals surface area contributed by atoms with Gasteiger partial charge in [-0.1, -0.05) is 42.5 Å². The minimum absolute atomic E-state index is 0.418. The van der Waals surface area contributed by atoms with Crippen molar-refractivity contribution in [3.05, 3.63) is 72.8 Å². The molecule has 0 fully saturated rings. The third-order valence-electron chi connectivity index (χ3n) is 3.88. The molecule has 0 aliphatic heterocycles. The van der Waals surface area contributed by atoms with E-state index in [-0.39, 0.29) is 0 Å². The zero-order valence-corrected chi connectivity index (χ0v) is 12.8. The second-order valence-electron chi connectivity index (χ2n) is 5.41. The van der Waals surface area contributed by atoms with E-state index in [4.69, 9.17) is 10.3 Å². The lowest BCUT2D eigenvalue weighted by molar-refractivity contribution is 0.257. The Kier molecular flexibility index (Phi) is 3.40. The normalized spacial score (nSPS) is 10.9. The van der Waals surface area contributed by atoms with Crippen LogP contribution >= 0.6 is 0 Å². The average Bonchev–Trinajstić information content (AvgIpc) is 3.00. The average molecular weight is 317 g/mol. The molecule has 0 radical (unpaired) electrons. The van der Waals surface area contributed by atoms with Crippen molar-refractivity contribution in [3.63, 3.8) is 0 Å². The quantitative estimate of drug-likeness (QED) is 0.325. The lowest BCUT2D eigenvalue weighted by atomic mass is 10.1. The van der Waals surface area contributed by atoms with E-state index in [1.54, 1.807) is 18.2 Å². The summed E-state index contributed by atoms with van der Waals surface area (Å²) < 4.78 is 5.83. The van der Waals surface area contributed by atoms with Crippen molar-refractivity contribution in [2.45, 2.75) is 0 Å². The van der Waals surface area contributed by atoms with Gasteiger partial charge in [0, 0.05) is 11.1 Å². The second-order valence-corrected chi connectivity index (χ2v) is 5.41. The molecule has 0 aliphatic carbocycles. The van der Waals surface area contributed by atoms with Gasteiger partial charge >= 0.3 is 6.03 Å². The van der Waals surface area contributed by atoms with Crippen molar-refractivity contribution in [2.24, 2.45) is 5.84 Å². The van der Waals surface area contributed by atoms with Gasteiger partial charge in [-0.2, -0.15) is 0 Å². The Hall–Kier alpha value is -3.31. The Bertz CT molecular complexity index is 1020. The summed E-state index contributed by atoms with van der Waals surface area (Å²) in [4.78, 5) is 12.5. The highest BCUT2D eigenvalue weighted by Crippen LogP contribution is 2.35. The summed E-state index contributed by atoms with van der Waals surface area (Å²) in [6, 6.07) is 21.9. The van der Waals surface area contributed by atoms with Crippen molar-refractivity contribution >= 4 is 39.3 Å². The number of furan rings is 1. The summed E-state index contributed by atoms with van der Waals surface area (Å²) >= 11 is 0. The van der Waals surface area contributed by atoms with Gasteiger partial charge in [0.25, 0.3) is 0 Å². The highest BCUT2D eigenvalue weighted by Gasteiger charge is 2.18. The molecule has 4 rings (SSSR count). The Balaban J connectivity index is 1.76. The molecule has 24 heavy (non-hydrogen) atoms. The molecule has 1 aromatic heterocycles. The minimum atomic E-state index is -0.418. The molecule has 0 saturated heterocycles. The highest BCUT2D eigenvalue weighted by molar-refractivity contribution is 6.15.